The van der Waals surface area contributed by atoms with E-state index in [1.54, 1.807) is 24.4 Å². The topological polar surface area (TPSA) is 59.2 Å². The quantitative estimate of drug-likeness (QED) is 0.717. The first kappa shape index (κ1) is 16.9. The Morgan fingerprint density at radius 2 is 1.88 bits per heavy atom. The Morgan fingerprint density at radius 3 is 2.52 bits per heavy atom. The maximum atomic E-state index is 12.7. The fourth-order valence-electron chi connectivity index (χ4n) is 2.68. The number of hydrogen-bond donors (Lipinski definition) is 0. The first-order valence-corrected chi connectivity index (χ1v) is 8.18. The molecular weight excluding hydrogens is 314 g/mol. The molecule has 0 unspecified atom stereocenters. The first-order valence-electron chi connectivity index (χ1n) is 8.18. The van der Waals surface area contributed by atoms with Crippen molar-refractivity contribution in [3.63, 3.8) is 0 Å². The second-order valence-electron chi connectivity index (χ2n) is 6.13. The number of benzene rings is 1. The zero-order valence-corrected chi connectivity index (χ0v) is 14.9. The Bertz CT molecular complexity index is 870. The number of nitrogens with zero attached hydrogens (tertiary/aromatic N) is 3. The summed E-state index contributed by atoms with van der Waals surface area (Å²) >= 11 is 0. The summed E-state index contributed by atoms with van der Waals surface area (Å²) in [6.45, 7) is 5.79. The SMILES string of the molecule is Cc1cnc(C)c(-c2ccc(C(=O)N(C)[C@@H](C)c3ccco3)cc2)n1. The minimum Gasteiger partial charge on any atom is -0.467 e. The van der Waals surface area contributed by atoms with E-state index in [2.05, 4.69) is 9.97 Å². The van der Waals surface area contributed by atoms with Gasteiger partial charge in [0.05, 0.1) is 29.4 Å². The van der Waals surface area contributed by atoms with Gasteiger partial charge in [0.1, 0.15) is 5.76 Å². The number of carbonyl (C=O) groups is 1. The highest BCUT2D eigenvalue weighted by Crippen LogP contribution is 2.23. The fourth-order valence-corrected chi connectivity index (χ4v) is 2.68. The van der Waals surface area contributed by atoms with Gasteiger partial charge in [-0.3, -0.25) is 9.78 Å². The van der Waals surface area contributed by atoms with Crippen LogP contribution in [-0.4, -0.2) is 27.8 Å². The van der Waals surface area contributed by atoms with Gasteiger partial charge in [-0.15, -0.1) is 0 Å². The molecule has 0 saturated carbocycles. The van der Waals surface area contributed by atoms with Crippen LogP contribution in [0.25, 0.3) is 11.3 Å². The van der Waals surface area contributed by atoms with Crippen LogP contribution >= 0.6 is 0 Å². The fraction of sp³-hybridized carbons (Fsp3) is 0.250. The number of rotatable bonds is 4. The molecule has 3 aromatic rings. The van der Waals surface area contributed by atoms with E-state index in [0.717, 1.165) is 28.4 Å². The average molecular weight is 335 g/mol. The molecule has 128 valence electrons. The van der Waals surface area contributed by atoms with Crippen molar-refractivity contribution in [2.75, 3.05) is 7.05 Å². The molecule has 1 aromatic carbocycles. The predicted molar refractivity (Wildman–Crippen MR) is 96.2 cm³/mol. The van der Waals surface area contributed by atoms with E-state index in [0.29, 0.717) is 5.56 Å². The highest BCUT2D eigenvalue weighted by molar-refractivity contribution is 5.94. The lowest BCUT2D eigenvalue weighted by Crippen LogP contribution is -2.29. The van der Waals surface area contributed by atoms with Crippen molar-refractivity contribution < 1.29 is 9.21 Å². The van der Waals surface area contributed by atoms with Crippen molar-refractivity contribution in [3.05, 3.63) is 71.6 Å². The summed E-state index contributed by atoms with van der Waals surface area (Å²) < 4.78 is 5.39. The largest absolute Gasteiger partial charge is 0.467 e. The lowest BCUT2D eigenvalue weighted by atomic mass is 10.1. The third kappa shape index (κ3) is 3.45. The van der Waals surface area contributed by atoms with E-state index in [-0.39, 0.29) is 11.9 Å². The van der Waals surface area contributed by atoms with Gasteiger partial charge in [0, 0.05) is 24.4 Å². The average Bonchev–Trinajstić information content (AvgIpc) is 3.16. The van der Waals surface area contributed by atoms with E-state index in [9.17, 15) is 4.79 Å². The molecule has 0 spiro atoms. The van der Waals surface area contributed by atoms with Crippen LogP contribution in [0.2, 0.25) is 0 Å². The van der Waals surface area contributed by atoms with Gasteiger partial charge >= 0.3 is 0 Å². The van der Waals surface area contributed by atoms with Crippen LogP contribution in [0.4, 0.5) is 0 Å². The van der Waals surface area contributed by atoms with E-state index in [1.165, 1.54) is 0 Å². The van der Waals surface area contributed by atoms with Crippen LogP contribution in [0.5, 0.6) is 0 Å². The molecule has 2 heterocycles. The molecule has 2 aromatic heterocycles. The zero-order valence-electron chi connectivity index (χ0n) is 14.9. The molecule has 0 aliphatic heterocycles. The molecule has 0 fully saturated rings. The second-order valence-corrected chi connectivity index (χ2v) is 6.13. The molecule has 3 rings (SSSR count). The highest BCUT2D eigenvalue weighted by Gasteiger charge is 2.20. The van der Waals surface area contributed by atoms with Gasteiger partial charge in [-0.25, -0.2) is 4.98 Å². The van der Waals surface area contributed by atoms with E-state index in [1.807, 2.05) is 57.2 Å². The Kier molecular flexibility index (Phi) is 4.65. The van der Waals surface area contributed by atoms with Crippen LogP contribution in [0.1, 0.15) is 40.5 Å². The van der Waals surface area contributed by atoms with Crippen molar-refractivity contribution in [2.45, 2.75) is 26.8 Å². The van der Waals surface area contributed by atoms with Gasteiger partial charge in [0.15, 0.2) is 0 Å². The van der Waals surface area contributed by atoms with Gasteiger partial charge in [-0.1, -0.05) is 12.1 Å². The van der Waals surface area contributed by atoms with Crippen molar-refractivity contribution in [2.24, 2.45) is 0 Å². The van der Waals surface area contributed by atoms with Gasteiger partial charge in [0.2, 0.25) is 0 Å². The lowest BCUT2D eigenvalue weighted by Gasteiger charge is -2.23. The third-order valence-corrected chi connectivity index (χ3v) is 4.34. The van der Waals surface area contributed by atoms with Crippen molar-refractivity contribution in [1.29, 1.82) is 0 Å². The van der Waals surface area contributed by atoms with Gasteiger partial charge in [-0.05, 0) is 45.0 Å². The normalized spacial score (nSPS) is 12.0. The van der Waals surface area contributed by atoms with Crippen LogP contribution in [0.15, 0.2) is 53.3 Å². The van der Waals surface area contributed by atoms with Crippen LogP contribution in [0.3, 0.4) is 0 Å². The first-order chi connectivity index (χ1) is 12.0. The van der Waals surface area contributed by atoms with Crippen molar-refractivity contribution in [3.8, 4) is 11.3 Å². The molecule has 0 N–H and O–H groups in total. The number of amides is 1. The number of carbonyl (C=O) groups excluding carboxylic acids is 1. The summed E-state index contributed by atoms with van der Waals surface area (Å²) in [6, 6.07) is 11.0. The second kappa shape index (κ2) is 6.89. The van der Waals surface area contributed by atoms with Crippen LogP contribution in [-0.2, 0) is 0 Å². The highest BCUT2D eigenvalue weighted by atomic mass is 16.3. The van der Waals surface area contributed by atoms with Crippen molar-refractivity contribution in [1.82, 2.24) is 14.9 Å². The summed E-state index contributed by atoms with van der Waals surface area (Å²) in [6.07, 6.45) is 3.37. The summed E-state index contributed by atoms with van der Waals surface area (Å²) in [5, 5.41) is 0. The van der Waals surface area contributed by atoms with E-state index < -0.39 is 0 Å². The molecule has 5 heteroatoms. The Balaban J connectivity index is 1.82. The molecular formula is C20H21N3O2. The molecule has 5 nitrogen and oxygen atoms in total. The maximum Gasteiger partial charge on any atom is 0.254 e. The van der Waals surface area contributed by atoms with Gasteiger partial charge in [0.25, 0.3) is 5.91 Å². The third-order valence-electron chi connectivity index (χ3n) is 4.34. The maximum absolute atomic E-state index is 12.7. The standard InChI is InChI=1S/C20H21N3O2/c1-13-12-21-14(2)19(22-13)16-7-9-17(10-8-16)20(24)23(4)15(3)18-6-5-11-25-18/h5-12,15H,1-4H3/t15-/m0/s1. The smallest absolute Gasteiger partial charge is 0.254 e. The minimum atomic E-state index is -0.132. The summed E-state index contributed by atoms with van der Waals surface area (Å²) in [4.78, 5) is 23.3. The molecule has 0 radical (unpaired) electrons. The monoisotopic (exact) mass is 335 g/mol. The number of aromatic nitrogens is 2. The Labute approximate surface area is 147 Å². The Morgan fingerprint density at radius 1 is 1.16 bits per heavy atom. The van der Waals surface area contributed by atoms with Crippen molar-refractivity contribution >= 4 is 5.91 Å². The lowest BCUT2D eigenvalue weighted by molar-refractivity contribution is 0.0726. The summed E-state index contributed by atoms with van der Waals surface area (Å²) in [5.74, 6) is 0.709. The van der Waals surface area contributed by atoms with Crippen LogP contribution < -0.4 is 0 Å². The molecule has 1 atom stereocenters. The number of hydrogen-bond acceptors (Lipinski definition) is 4. The molecule has 0 aliphatic rings. The minimum absolute atomic E-state index is 0.0532. The molecule has 0 bridgehead atoms. The van der Waals surface area contributed by atoms with E-state index in [4.69, 9.17) is 4.42 Å². The summed E-state index contributed by atoms with van der Waals surface area (Å²) in [5.41, 5.74) is 4.16. The number of aryl methyl sites for hydroxylation is 2. The molecule has 25 heavy (non-hydrogen) atoms. The summed E-state index contributed by atoms with van der Waals surface area (Å²) in [7, 11) is 1.78. The number of furan rings is 1. The predicted octanol–water partition coefficient (Wildman–Crippen LogP) is 4.19. The van der Waals surface area contributed by atoms with E-state index >= 15 is 0 Å². The van der Waals surface area contributed by atoms with Gasteiger partial charge in [-0.2, -0.15) is 0 Å². The Hall–Kier alpha value is -2.95. The zero-order chi connectivity index (χ0) is 18.0. The van der Waals surface area contributed by atoms with Gasteiger partial charge < -0.3 is 9.32 Å². The molecule has 1 amide bonds. The van der Waals surface area contributed by atoms with Crippen LogP contribution in [0, 0.1) is 13.8 Å². The molecule has 0 saturated heterocycles. The molecule has 0 aliphatic carbocycles.